The first kappa shape index (κ1) is 20.2. The summed E-state index contributed by atoms with van der Waals surface area (Å²) in [6, 6.07) is 4.87. The molecule has 0 aliphatic rings. The van der Waals surface area contributed by atoms with Gasteiger partial charge in [-0.25, -0.2) is 4.79 Å². The molecular weight excluding hydrogens is 349 g/mol. The maximum absolute atomic E-state index is 13.6. The van der Waals surface area contributed by atoms with Gasteiger partial charge in [0.05, 0.1) is 18.8 Å². The number of carbonyl (C=O) groups excluding carboxylic acids is 1. The first-order valence-corrected chi connectivity index (χ1v) is 6.41. The number of benzene rings is 1. The summed E-state index contributed by atoms with van der Waals surface area (Å²) >= 11 is 0. The monoisotopic (exact) mass is 362 g/mol. The van der Waals surface area contributed by atoms with Crippen molar-refractivity contribution in [2.45, 2.75) is 30.5 Å². The van der Waals surface area contributed by atoms with Crippen LogP contribution in [0.4, 0.5) is 30.7 Å². The van der Waals surface area contributed by atoms with E-state index < -0.39 is 36.5 Å². The van der Waals surface area contributed by atoms with Crippen LogP contribution >= 0.6 is 0 Å². The van der Waals surface area contributed by atoms with Crippen LogP contribution in [0.5, 0.6) is 0 Å². The van der Waals surface area contributed by atoms with Gasteiger partial charge >= 0.3 is 24.0 Å². The molecule has 0 bridgehead atoms. The van der Waals surface area contributed by atoms with Gasteiger partial charge in [0.25, 0.3) is 0 Å². The number of carbonyl (C=O) groups is 1. The molecule has 0 fully saturated rings. The van der Waals surface area contributed by atoms with Gasteiger partial charge in [-0.05, 0) is 11.6 Å². The third-order valence-electron chi connectivity index (χ3n) is 3.25. The Morgan fingerprint density at radius 1 is 1.04 bits per heavy atom. The molecule has 0 heterocycles. The zero-order valence-electron chi connectivity index (χ0n) is 12.5. The van der Waals surface area contributed by atoms with Gasteiger partial charge in [-0.1, -0.05) is 18.2 Å². The third kappa shape index (κ3) is 3.80. The zero-order valence-corrected chi connectivity index (χ0v) is 12.5. The van der Waals surface area contributed by atoms with Crippen LogP contribution in [0.3, 0.4) is 0 Å². The second kappa shape index (κ2) is 6.96. The van der Waals surface area contributed by atoms with Gasteiger partial charge in [-0.2, -0.15) is 30.7 Å². The predicted octanol–water partition coefficient (Wildman–Crippen LogP) is 4.38. The molecular formula is C14H13F7O3. The highest BCUT2D eigenvalue weighted by molar-refractivity contribution is 5.91. The molecule has 0 N–H and O–H groups in total. The molecule has 0 spiro atoms. The fraction of sp³-hybridized carbons (Fsp3) is 0.500. The molecule has 0 aliphatic heterocycles. The molecule has 1 rings (SSSR count). The van der Waals surface area contributed by atoms with E-state index in [1.54, 1.807) is 0 Å². The maximum atomic E-state index is 13.6. The van der Waals surface area contributed by atoms with Gasteiger partial charge in [-0.15, -0.1) is 0 Å². The van der Waals surface area contributed by atoms with E-state index in [4.69, 9.17) is 0 Å². The molecule has 0 radical (unpaired) electrons. The molecule has 0 saturated heterocycles. The van der Waals surface area contributed by atoms with Crippen LogP contribution in [0.2, 0.25) is 0 Å². The molecule has 0 aliphatic carbocycles. The van der Waals surface area contributed by atoms with E-state index >= 15 is 0 Å². The summed E-state index contributed by atoms with van der Waals surface area (Å²) in [4.78, 5) is 11.6. The Morgan fingerprint density at radius 2 is 1.58 bits per heavy atom. The molecule has 1 unspecified atom stereocenters. The van der Waals surface area contributed by atoms with Crippen LogP contribution in [0.1, 0.15) is 28.4 Å². The lowest BCUT2D eigenvalue weighted by molar-refractivity contribution is -0.358. The minimum absolute atomic E-state index is 0.280. The number of alkyl halides is 7. The van der Waals surface area contributed by atoms with Crippen LogP contribution in [-0.2, 0) is 9.47 Å². The first-order valence-electron chi connectivity index (χ1n) is 6.41. The predicted molar refractivity (Wildman–Crippen MR) is 68.1 cm³/mol. The van der Waals surface area contributed by atoms with Crippen LogP contribution in [0.25, 0.3) is 0 Å². The lowest BCUT2D eigenvalue weighted by Crippen LogP contribution is -2.52. The second-order valence-corrected chi connectivity index (χ2v) is 4.78. The van der Waals surface area contributed by atoms with Gasteiger partial charge in [0.15, 0.2) is 0 Å². The van der Waals surface area contributed by atoms with Gasteiger partial charge in [0.1, 0.15) is 0 Å². The summed E-state index contributed by atoms with van der Waals surface area (Å²) in [7, 11) is 1.84. The Morgan fingerprint density at radius 3 is 2.04 bits per heavy atom. The summed E-state index contributed by atoms with van der Waals surface area (Å²) in [5, 5.41) is 0. The summed E-state index contributed by atoms with van der Waals surface area (Å²) in [5.41, 5.74) is -0.567. The molecule has 0 aromatic heterocycles. The Bertz CT molecular complexity index is 584. The molecule has 0 amide bonds. The average Bonchev–Trinajstić information content (AvgIpc) is 2.50. The third-order valence-corrected chi connectivity index (χ3v) is 3.25. The Labute approximate surface area is 132 Å². The highest BCUT2D eigenvalue weighted by atomic mass is 19.4. The second-order valence-electron chi connectivity index (χ2n) is 4.78. The lowest BCUT2D eigenvalue weighted by Gasteiger charge is -2.31. The Hall–Kier alpha value is -1.84. The normalized spacial score (nSPS) is 14.4. The van der Waals surface area contributed by atoms with Crippen molar-refractivity contribution in [2.75, 3.05) is 14.2 Å². The number of hydrogen-bond donors (Lipinski definition) is 0. The number of methoxy groups -OCH3 is 2. The highest BCUT2D eigenvalue weighted by Crippen LogP contribution is 2.50. The first-order chi connectivity index (χ1) is 10.9. The standard InChI is InChI=1S/C14H13F7O3/c1-23-10(7-12(15,16)13(17,18)14(19,20)21)8-5-3-4-6-9(8)11(22)24-2/h3-6,10H,7H2,1-2H3. The maximum Gasteiger partial charge on any atom is 0.459 e. The van der Waals surface area contributed by atoms with Crippen molar-refractivity contribution >= 4 is 5.97 Å². The number of hydrogen-bond acceptors (Lipinski definition) is 3. The molecule has 10 heteroatoms. The van der Waals surface area contributed by atoms with Crippen LogP contribution in [-0.4, -0.2) is 38.2 Å². The topological polar surface area (TPSA) is 35.5 Å². The summed E-state index contributed by atoms with van der Waals surface area (Å²) in [5.74, 6) is -12.7. The summed E-state index contributed by atoms with van der Waals surface area (Å²) < 4.78 is 98.8. The number of rotatable bonds is 6. The number of halogens is 7. The fourth-order valence-corrected chi connectivity index (χ4v) is 1.96. The SMILES string of the molecule is COC(=O)c1ccccc1C(CC(F)(F)C(F)(F)C(F)(F)F)OC. The van der Waals surface area contributed by atoms with Gasteiger partial charge < -0.3 is 9.47 Å². The van der Waals surface area contributed by atoms with E-state index in [1.165, 1.54) is 12.1 Å². The van der Waals surface area contributed by atoms with E-state index in [-0.39, 0.29) is 11.1 Å². The van der Waals surface area contributed by atoms with Crippen LogP contribution in [0.15, 0.2) is 24.3 Å². The van der Waals surface area contributed by atoms with Crippen molar-refractivity contribution in [3.63, 3.8) is 0 Å². The summed E-state index contributed by atoms with van der Waals surface area (Å²) in [6.45, 7) is 0. The van der Waals surface area contributed by atoms with E-state index in [0.717, 1.165) is 26.4 Å². The number of ether oxygens (including phenoxy) is 2. The van der Waals surface area contributed by atoms with Gasteiger partial charge in [-0.3, -0.25) is 0 Å². The smallest absolute Gasteiger partial charge is 0.459 e. The molecule has 136 valence electrons. The van der Waals surface area contributed by atoms with Crippen molar-refractivity contribution in [3.8, 4) is 0 Å². The molecule has 24 heavy (non-hydrogen) atoms. The lowest BCUT2D eigenvalue weighted by atomic mass is 9.95. The Balaban J connectivity index is 3.24. The van der Waals surface area contributed by atoms with E-state index in [1.807, 2.05) is 0 Å². The fourth-order valence-electron chi connectivity index (χ4n) is 1.96. The average molecular weight is 362 g/mol. The molecule has 1 aromatic carbocycles. The van der Waals surface area contributed by atoms with Gasteiger partial charge in [0, 0.05) is 13.5 Å². The van der Waals surface area contributed by atoms with Gasteiger partial charge in [0.2, 0.25) is 0 Å². The van der Waals surface area contributed by atoms with Crippen LogP contribution in [0, 0.1) is 0 Å². The molecule has 1 aromatic rings. The molecule has 3 nitrogen and oxygen atoms in total. The van der Waals surface area contributed by atoms with E-state index in [9.17, 15) is 35.5 Å². The van der Waals surface area contributed by atoms with Crippen LogP contribution < -0.4 is 0 Å². The Kier molecular flexibility index (Phi) is 5.86. The molecule has 0 saturated carbocycles. The van der Waals surface area contributed by atoms with Crippen molar-refractivity contribution in [3.05, 3.63) is 35.4 Å². The minimum atomic E-state index is -6.43. The van der Waals surface area contributed by atoms with E-state index in [2.05, 4.69) is 9.47 Å². The number of esters is 1. The summed E-state index contributed by atoms with van der Waals surface area (Å²) in [6.07, 6.45) is -10.3. The van der Waals surface area contributed by atoms with Crippen molar-refractivity contribution in [1.82, 2.24) is 0 Å². The van der Waals surface area contributed by atoms with Crippen molar-refractivity contribution in [1.29, 1.82) is 0 Å². The van der Waals surface area contributed by atoms with E-state index in [0.29, 0.717) is 0 Å². The molecule has 1 atom stereocenters. The van der Waals surface area contributed by atoms with Crippen molar-refractivity contribution in [2.24, 2.45) is 0 Å². The highest BCUT2D eigenvalue weighted by Gasteiger charge is 2.73. The zero-order chi connectivity index (χ0) is 18.8. The quantitative estimate of drug-likeness (QED) is 0.556. The largest absolute Gasteiger partial charge is 0.465 e. The minimum Gasteiger partial charge on any atom is -0.465 e. The van der Waals surface area contributed by atoms with Crippen molar-refractivity contribution < 1.29 is 45.0 Å².